The lowest BCUT2D eigenvalue weighted by Crippen LogP contribution is -2.49. The molecule has 4 nitrogen and oxygen atoms in total. The zero-order valence-corrected chi connectivity index (χ0v) is 11.0. The summed E-state index contributed by atoms with van der Waals surface area (Å²) in [6, 6.07) is 7.14. The van der Waals surface area contributed by atoms with Crippen LogP contribution in [0.3, 0.4) is 0 Å². The molecule has 18 heavy (non-hydrogen) atoms. The van der Waals surface area contributed by atoms with Gasteiger partial charge in [0.15, 0.2) is 0 Å². The van der Waals surface area contributed by atoms with E-state index in [1.54, 1.807) is 24.1 Å². The van der Waals surface area contributed by atoms with Gasteiger partial charge in [-0.15, -0.1) is 11.6 Å². The lowest BCUT2D eigenvalue weighted by atomic mass is 10.1. The van der Waals surface area contributed by atoms with Gasteiger partial charge >= 0.3 is 0 Å². The van der Waals surface area contributed by atoms with Gasteiger partial charge in [-0.1, -0.05) is 12.1 Å². The van der Waals surface area contributed by atoms with Gasteiger partial charge in [0.25, 0.3) is 5.91 Å². The van der Waals surface area contributed by atoms with Gasteiger partial charge in [-0.3, -0.25) is 4.79 Å². The Bertz CT molecular complexity index is 424. The maximum absolute atomic E-state index is 12.5. The van der Waals surface area contributed by atoms with E-state index in [0.717, 1.165) is 0 Å². The van der Waals surface area contributed by atoms with E-state index in [0.29, 0.717) is 37.0 Å². The molecule has 1 saturated heterocycles. The number of benzene rings is 1. The van der Waals surface area contributed by atoms with E-state index in [-0.39, 0.29) is 11.9 Å². The molecule has 0 aromatic heterocycles. The van der Waals surface area contributed by atoms with E-state index in [9.17, 15) is 4.79 Å². The number of ether oxygens (including phenoxy) is 2. The third kappa shape index (κ3) is 2.60. The number of methoxy groups -OCH3 is 1. The maximum Gasteiger partial charge on any atom is 0.258 e. The molecule has 1 aromatic carbocycles. The number of carbonyl (C=O) groups excluding carboxylic acids is 1. The van der Waals surface area contributed by atoms with Gasteiger partial charge in [0.2, 0.25) is 0 Å². The molecule has 1 aliphatic heterocycles. The summed E-state index contributed by atoms with van der Waals surface area (Å²) in [5.74, 6) is 0.907. The van der Waals surface area contributed by atoms with Crippen molar-refractivity contribution in [1.82, 2.24) is 4.90 Å². The minimum atomic E-state index is -0.0715. The van der Waals surface area contributed by atoms with E-state index < -0.39 is 0 Å². The first-order chi connectivity index (χ1) is 8.77. The Morgan fingerprint density at radius 1 is 1.56 bits per heavy atom. The molecule has 1 amide bonds. The molecule has 0 spiro atoms. The van der Waals surface area contributed by atoms with E-state index in [1.165, 1.54) is 0 Å². The molecule has 0 bridgehead atoms. The number of nitrogens with zero attached hydrogens (tertiary/aromatic N) is 1. The second kappa shape index (κ2) is 6.07. The number of para-hydroxylation sites is 1. The average molecular weight is 270 g/mol. The van der Waals surface area contributed by atoms with Crippen LogP contribution in [0.25, 0.3) is 0 Å². The number of alkyl halides is 1. The first kappa shape index (κ1) is 13.2. The molecule has 0 N–H and O–H groups in total. The topological polar surface area (TPSA) is 38.8 Å². The summed E-state index contributed by atoms with van der Waals surface area (Å²) in [5.41, 5.74) is 0.567. The Balaban J connectivity index is 2.24. The number of rotatable bonds is 3. The predicted molar refractivity (Wildman–Crippen MR) is 69.4 cm³/mol. The molecular formula is C13H16ClNO3. The Kier molecular flexibility index (Phi) is 4.44. The van der Waals surface area contributed by atoms with Crippen LogP contribution in [0.1, 0.15) is 10.4 Å². The van der Waals surface area contributed by atoms with Crippen LogP contribution in [0.4, 0.5) is 0 Å². The van der Waals surface area contributed by atoms with E-state index in [2.05, 4.69) is 0 Å². The molecule has 2 rings (SSSR count). The molecule has 0 radical (unpaired) electrons. The number of carbonyl (C=O) groups is 1. The van der Waals surface area contributed by atoms with Gasteiger partial charge in [-0.05, 0) is 12.1 Å². The lowest BCUT2D eigenvalue weighted by Gasteiger charge is -2.34. The van der Waals surface area contributed by atoms with E-state index in [4.69, 9.17) is 21.1 Å². The fourth-order valence-corrected chi connectivity index (χ4v) is 2.28. The summed E-state index contributed by atoms with van der Waals surface area (Å²) >= 11 is 5.88. The van der Waals surface area contributed by atoms with Crippen molar-refractivity contribution in [3.05, 3.63) is 29.8 Å². The van der Waals surface area contributed by atoms with Crippen molar-refractivity contribution in [2.45, 2.75) is 6.04 Å². The molecule has 1 heterocycles. The average Bonchev–Trinajstić information content (AvgIpc) is 2.46. The fraction of sp³-hybridized carbons (Fsp3) is 0.462. The largest absolute Gasteiger partial charge is 0.496 e. The summed E-state index contributed by atoms with van der Waals surface area (Å²) in [5, 5.41) is 0. The van der Waals surface area contributed by atoms with Crippen LogP contribution < -0.4 is 4.74 Å². The van der Waals surface area contributed by atoms with Gasteiger partial charge in [-0.25, -0.2) is 0 Å². The van der Waals surface area contributed by atoms with Crippen LogP contribution in [0.5, 0.6) is 5.75 Å². The van der Waals surface area contributed by atoms with Crippen molar-refractivity contribution >= 4 is 17.5 Å². The van der Waals surface area contributed by atoms with Crippen molar-refractivity contribution in [3.63, 3.8) is 0 Å². The molecule has 1 atom stereocenters. The van der Waals surface area contributed by atoms with E-state index >= 15 is 0 Å². The van der Waals surface area contributed by atoms with Crippen molar-refractivity contribution in [2.75, 3.05) is 32.7 Å². The Labute approximate surface area is 111 Å². The van der Waals surface area contributed by atoms with Crippen LogP contribution in [-0.2, 0) is 4.74 Å². The van der Waals surface area contributed by atoms with Gasteiger partial charge < -0.3 is 14.4 Å². The van der Waals surface area contributed by atoms with Gasteiger partial charge in [0.1, 0.15) is 5.75 Å². The third-order valence-corrected chi connectivity index (χ3v) is 3.36. The SMILES string of the molecule is COc1ccccc1C(=O)N1CCOCC1CCl. The second-order valence-electron chi connectivity index (χ2n) is 4.08. The smallest absolute Gasteiger partial charge is 0.258 e. The standard InChI is InChI=1S/C13H16ClNO3/c1-17-12-5-3-2-4-11(12)13(16)15-6-7-18-9-10(15)8-14/h2-5,10H,6-9H2,1H3. The lowest BCUT2D eigenvalue weighted by molar-refractivity contribution is 0.00441. The highest BCUT2D eigenvalue weighted by atomic mass is 35.5. The quantitative estimate of drug-likeness (QED) is 0.785. The Morgan fingerprint density at radius 3 is 3.06 bits per heavy atom. The predicted octanol–water partition coefficient (Wildman–Crippen LogP) is 1.77. The summed E-state index contributed by atoms with van der Waals surface area (Å²) in [6.07, 6.45) is 0. The minimum absolute atomic E-state index is 0.0543. The highest BCUT2D eigenvalue weighted by molar-refractivity contribution is 6.18. The molecule has 5 heteroatoms. The van der Waals surface area contributed by atoms with Crippen LogP contribution >= 0.6 is 11.6 Å². The molecule has 1 unspecified atom stereocenters. The minimum Gasteiger partial charge on any atom is -0.496 e. The summed E-state index contributed by atoms with van der Waals surface area (Å²) < 4.78 is 10.6. The molecular weight excluding hydrogens is 254 g/mol. The number of amides is 1. The zero-order valence-electron chi connectivity index (χ0n) is 10.3. The van der Waals surface area contributed by atoms with Gasteiger partial charge in [0, 0.05) is 12.4 Å². The second-order valence-corrected chi connectivity index (χ2v) is 4.39. The highest BCUT2D eigenvalue weighted by Crippen LogP contribution is 2.21. The number of morpholine rings is 1. The Morgan fingerprint density at radius 2 is 2.33 bits per heavy atom. The molecule has 1 fully saturated rings. The first-order valence-corrected chi connectivity index (χ1v) is 6.39. The number of halogens is 1. The summed E-state index contributed by atoms with van der Waals surface area (Å²) in [7, 11) is 1.56. The van der Waals surface area contributed by atoms with Crippen LogP contribution in [0.2, 0.25) is 0 Å². The first-order valence-electron chi connectivity index (χ1n) is 5.85. The fourth-order valence-electron chi connectivity index (χ4n) is 2.03. The van der Waals surface area contributed by atoms with Gasteiger partial charge in [0.05, 0.1) is 31.9 Å². The van der Waals surface area contributed by atoms with Crippen molar-refractivity contribution in [3.8, 4) is 5.75 Å². The maximum atomic E-state index is 12.5. The number of hydrogen-bond donors (Lipinski definition) is 0. The molecule has 1 aromatic rings. The Hall–Kier alpha value is -1.26. The monoisotopic (exact) mass is 269 g/mol. The van der Waals surface area contributed by atoms with Gasteiger partial charge in [-0.2, -0.15) is 0 Å². The number of hydrogen-bond acceptors (Lipinski definition) is 3. The normalized spacial score (nSPS) is 19.7. The van der Waals surface area contributed by atoms with Crippen molar-refractivity contribution in [1.29, 1.82) is 0 Å². The van der Waals surface area contributed by atoms with Crippen LogP contribution in [0.15, 0.2) is 24.3 Å². The zero-order chi connectivity index (χ0) is 13.0. The third-order valence-electron chi connectivity index (χ3n) is 3.00. The molecule has 1 aliphatic rings. The summed E-state index contributed by atoms with van der Waals surface area (Å²) in [6.45, 7) is 1.60. The molecule has 0 aliphatic carbocycles. The molecule has 0 saturated carbocycles. The highest BCUT2D eigenvalue weighted by Gasteiger charge is 2.28. The van der Waals surface area contributed by atoms with Crippen LogP contribution in [0, 0.1) is 0 Å². The van der Waals surface area contributed by atoms with Crippen molar-refractivity contribution < 1.29 is 14.3 Å². The van der Waals surface area contributed by atoms with Crippen LogP contribution in [-0.4, -0.2) is 49.6 Å². The molecule has 98 valence electrons. The van der Waals surface area contributed by atoms with Crippen molar-refractivity contribution in [2.24, 2.45) is 0 Å². The van der Waals surface area contributed by atoms with E-state index in [1.807, 2.05) is 12.1 Å². The summed E-state index contributed by atoms with van der Waals surface area (Å²) in [4.78, 5) is 14.2.